The molecule has 2 aliphatic carbocycles. The number of allylic oxidation sites excluding steroid dienone is 4. The van der Waals surface area contributed by atoms with Gasteiger partial charge in [-0.05, 0) is 108 Å². The normalized spacial score (nSPS) is 23.9. The van der Waals surface area contributed by atoms with Crippen molar-refractivity contribution in [1.29, 1.82) is 0 Å². The van der Waals surface area contributed by atoms with Crippen molar-refractivity contribution in [3.8, 4) is 0 Å². The first-order valence-corrected chi connectivity index (χ1v) is 12.5. The Kier molecular flexibility index (Phi) is 6.21. The molecule has 2 atom stereocenters. The van der Waals surface area contributed by atoms with Crippen LogP contribution in [0.3, 0.4) is 0 Å². The van der Waals surface area contributed by atoms with Crippen molar-refractivity contribution in [2.24, 2.45) is 5.92 Å². The Morgan fingerprint density at radius 3 is 2.45 bits per heavy atom. The average molecular weight is 836 g/mol. The largest absolute Gasteiger partial charge is 0.871 e. The number of hydrogen-bond donors (Lipinski definition) is 0. The van der Waals surface area contributed by atoms with Gasteiger partial charge in [-0.25, -0.2) is 0 Å². The number of carboxylic acid groups (broad SMARTS) is 1. The van der Waals surface area contributed by atoms with E-state index >= 15 is 0 Å². The van der Waals surface area contributed by atoms with Crippen LogP contribution < -0.4 is 10.2 Å². The van der Waals surface area contributed by atoms with Gasteiger partial charge in [0.1, 0.15) is 15.4 Å². The minimum atomic E-state index is -1.29. The Morgan fingerprint density at radius 2 is 1.76 bits per heavy atom. The average Bonchev–Trinajstić information content (AvgIpc) is 2.69. The molecule has 5 nitrogen and oxygen atoms in total. The van der Waals surface area contributed by atoms with E-state index in [4.69, 9.17) is 4.74 Å². The summed E-state index contributed by atoms with van der Waals surface area (Å²) in [6, 6.07) is 6.62. The van der Waals surface area contributed by atoms with E-state index in [0.29, 0.717) is 36.8 Å². The number of carbonyl (C=O) groups is 2. The second-order valence-corrected chi connectivity index (χ2v) is 10.9. The summed E-state index contributed by atoms with van der Waals surface area (Å²) in [6.07, 6.45) is 2.92. The van der Waals surface area contributed by atoms with Crippen molar-refractivity contribution < 1.29 is 24.5 Å². The van der Waals surface area contributed by atoms with Gasteiger partial charge in [0, 0.05) is 24.2 Å². The number of ketones is 1. The van der Waals surface area contributed by atoms with Gasteiger partial charge in [0.15, 0.2) is 0 Å². The number of carboxylic acids is 1. The fourth-order valence-corrected chi connectivity index (χ4v) is 7.31. The Morgan fingerprint density at radius 1 is 1.07 bits per heavy atom. The van der Waals surface area contributed by atoms with Gasteiger partial charge in [-0.1, -0.05) is 36.1 Å². The van der Waals surface area contributed by atoms with Crippen LogP contribution in [0.1, 0.15) is 15.9 Å². The molecule has 0 spiro atoms. The molecule has 0 fully saturated rings. The molecular formula is C20H8I4O5-2. The maximum absolute atomic E-state index is 12.5. The first-order valence-electron chi connectivity index (χ1n) is 8.20. The van der Waals surface area contributed by atoms with Crippen molar-refractivity contribution in [3.63, 3.8) is 0 Å². The highest BCUT2D eigenvalue weighted by atomic mass is 127. The van der Waals surface area contributed by atoms with E-state index in [1.54, 1.807) is 24.3 Å². The lowest BCUT2D eigenvalue weighted by atomic mass is 9.77. The molecule has 0 bridgehead atoms. The molecule has 1 heterocycles. The summed E-state index contributed by atoms with van der Waals surface area (Å²) in [5.41, 5.74) is 1.92. The van der Waals surface area contributed by atoms with Gasteiger partial charge >= 0.3 is 0 Å². The van der Waals surface area contributed by atoms with E-state index in [1.165, 1.54) is 6.07 Å². The fraction of sp³-hybridized carbons (Fsp3) is 0.100. The van der Waals surface area contributed by atoms with E-state index < -0.39 is 12.1 Å². The van der Waals surface area contributed by atoms with Crippen LogP contribution in [0.5, 0.6) is 0 Å². The predicted octanol–water partition coefficient (Wildman–Crippen LogP) is 3.71. The van der Waals surface area contributed by atoms with Crippen molar-refractivity contribution in [3.05, 3.63) is 79.0 Å². The SMILES string of the molecule is O=C1C(I)=CC2=C(c3ccccc3C(=O)[O-])C3C=C(I)C([O-])=C(I)C3OC2=C1I. The van der Waals surface area contributed by atoms with E-state index in [-0.39, 0.29) is 23.0 Å². The zero-order valence-corrected chi connectivity index (χ0v) is 22.8. The predicted molar refractivity (Wildman–Crippen MR) is 137 cm³/mol. The maximum atomic E-state index is 12.5. The molecule has 29 heavy (non-hydrogen) atoms. The number of hydrogen-bond acceptors (Lipinski definition) is 5. The van der Waals surface area contributed by atoms with Crippen LogP contribution in [0.25, 0.3) is 5.57 Å². The lowest BCUT2D eigenvalue weighted by Crippen LogP contribution is -2.36. The molecule has 0 radical (unpaired) electrons. The molecule has 3 aliphatic rings. The monoisotopic (exact) mass is 836 g/mol. The molecule has 0 amide bonds. The van der Waals surface area contributed by atoms with E-state index in [0.717, 1.165) is 0 Å². The fourth-order valence-electron chi connectivity index (χ4n) is 3.51. The molecule has 9 heteroatoms. The minimum absolute atomic E-state index is 0.0561. The second kappa shape index (κ2) is 8.26. The van der Waals surface area contributed by atoms with Crippen molar-refractivity contribution in [2.45, 2.75) is 6.10 Å². The third kappa shape index (κ3) is 3.62. The molecule has 1 aliphatic heterocycles. The summed E-state index contributed by atoms with van der Waals surface area (Å²) in [7, 11) is 0. The number of aromatic carboxylic acids is 1. The van der Waals surface area contributed by atoms with Gasteiger partial charge in [-0.2, -0.15) is 0 Å². The highest BCUT2D eigenvalue weighted by Gasteiger charge is 2.42. The molecule has 0 N–H and O–H groups in total. The van der Waals surface area contributed by atoms with Crippen LogP contribution in [-0.2, 0) is 9.53 Å². The molecule has 148 valence electrons. The quantitative estimate of drug-likeness (QED) is 0.425. The lowest BCUT2D eigenvalue weighted by molar-refractivity contribution is -0.297. The van der Waals surface area contributed by atoms with Crippen LogP contribution >= 0.6 is 90.4 Å². The van der Waals surface area contributed by atoms with Crippen LogP contribution in [-0.4, -0.2) is 17.9 Å². The Hall–Kier alpha value is -0.420. The number of carbonyl (C=O) groups excluding carboxylic acids is 2. The van der Waals surface area contributed by atoms with E-state index in [1.807, 2.05) is 96.4 Å². The van der Waals surface area contributed by atoms with Crippen molar-refractivity contribution >= 4 is 108 Å². The Balaban J connectivity index is 2.09. The highest BCUT2D eigenvalue weighted by Crippen LogP contribution is 2.51. The van der Waals surface area contributed by atoms with Gasteiger partial charge in [-0.15, -0.1) is 0 Å². The number of Topliss-reactive ketones (excluding diaryl/α,β-unsaturated/α-hetero) is 1. The van der Waals surface area contributed by atoms with Gasteiger partial charge in [0.25, 0.3) is 0 Å². The van der Waals surface area contributed by atoms with Gasteiger partial charge in [-0.3, -0.25) is 4.79 Å². The summed E-state index contributed by atoms with van der Waals surface area (Å²) in [4.78, 5) is 24.3. The highest BCUT2D eigenvalue weighted by molar-refractivity contribution is 14.1. The maximum Gasteiger partial charge on any atom is 0.208 e. The topological polar surface area (TPSA) is 89.5 Å². The first-order chi connectivity index (χ1) is 13.7. The molecule has 2 unspecified atom stereocenters. The van der Waals surface area contributed by atoms with Crippen molar-refractivity contribution in [2.75, 3.05) is 0 Å². The van der Waals surface area contributed by atoms with Gasteiger partial charge in [0.05, 0.1) is 9.55 Å². The third-order valence-electron chi connectivity index (χ3n) is 4.77. The van der Waals surface area contributed by atoms with Crippen LogP contribution in [0.4, 0.5) is 0 Å². The number of benzene rings is 1. The summed E-state index contributed by atoms with van der Waals surface area (Å²) < 4.78 is 8.15. The van der Waals surface area contributed by atoms with Crippen molar-refractivity contribution in [1.82, 2.24) is 0 Å². The molecule has 0 aromatic heterocycles. The third-order valence-corrected chi connectivity index (χ3v) is 8.51. The molecule has 0 saturated heterocycles. The number of ether oxygens (including phenoxy) is 1. The minimum Gasteiger partial charge on any atom is -0.871 e. The molecular weight excluding hydrogens is 828 g/mol. The van der Waals surface area contributed by atoms with Gasteiger partial charge in [0.2, 0.25) is 5.78 Å². The first kappa shape index (κ1) is 21.8. The second-order valence-electron chi connectivity index (χ2n) is 6.38. The standard InChI is InChI=1S/C20H10I4O5/c21-11-5-9-13(7-3-1-2-4-8(7)20(27)28)10-6-12(22)17(26)15(24)19(10)29-18(9)14(23)16(11)25/h1-6,9,18,25H,(H,27,28)/p-2. The molecule has 0 saturated carbocycles. The summed E-state index contributed by atoms with van der Waals surface area (Å²) in [5, 5.41) is 24.4. The zero-order valence-electron chi connectivity index (χ0n) is 14.2. The Labute approximate surface area is 220 Å². The van der Waals surface area contributed by atoms with E-state index in [2.05, 4.69) is 0 Å². The number of fused-ring (bicyclic) bond motifs is 2. The van der Waals surface area contributed by atoms with Crippen LogP contribution in [0.2, 0.25) is 0 Å². The zero-order chi connectivity index (χ0) is 21.0. The number of rotatable bonds is 2. The van der Waals surface area contributed by atoms with E-state index in [9.17, 15) is 19.8 Å². The Bertz CT molecular complexity index is 1140. The molecule has 4 rings (SSSR count). The summed E-state index contributed by atoms with van der Waals surface area (Å²) >= 11 is 7.90. The summed E-state index contributed by atoms with van der Waals surface area (Å²) in [5.74, 6) is -1.55. The van der Waals surface area contributed by atoms with Crippen LogP contribution in [0, 0.1) is 5.92 Å². The van der Waals surface area contributed by atoms with Crippen LogP contribution in [0.15, 0.2) is 67.8 Å². The molecule has 1 aromatic carbocycles. The molecule has 1 aromatic rings. The lowest BCUT2D eigenvalue weighted by Gasteiger charge is -2.41. The summed E-state index contributed by atoms with van der Waals surface area (Å²) in [6.45, 7) is 0. The number of halogens is 4. The smallest absolute Gasteiger partial charge is 0.208 e. The van der Waals surface area contributed by atoms with Gasteiger partial charge < -0.3 is 19.7 Å².